The molecule has 166 valence electrons. The number of rotatable bonds is 5. The summed E-state index contributed by atoms with van der Waals surface area (Å²) in [5, 5.41) is 3.16. The van der Waals surface area contributed by atoms with Gasteiger partial charge in [0, 0.05) is 21.2 Å². The van der Waals surface area contributed by atoms with Crippen molar-refractivity contribution in [2.75, 3.05) is 4.90 Å². The highest BCUT2D eigenvalue weighted by Crippen LogP contribution is 2.29. The molecule has 1 heterocycles. The second-order valence-corrected chi connectivity index (χ2v) is 8.20. The number of anilines is 1. The third kappa shape index (κ3) is 4.92. The number of barbiturate groups is 1. The standard InChI is InChI=1S/C25H18Cl2N2O4/c1-15-6-9-19(10-7-15)29-24(31)20(23(30)28-25(29)32)13-17-12-18(26)8-11-22(17)33-14-16-4-2-3-5-21(16)27/h2-13H,14H2,1H3,(H,28,30,32)/b20-13+. The first kappa shape index (κ1) is 22.6. The summed E-state index contributed by atoms with van der Waals surface area (Å²) < 4.78 is 5.91. The zero-order valence-corrected chi connectivity index (χ0v) is 19.0. The molecule has 0 aliphatic carbocycles. The molecule has 3 aromatic carbocycles. The second-order valence-electron chi connectivity index (χ2n) is 7.36. The molecule has 0 bridgehead atoms. The van der Waals surface area contributed by atoms with Crippen molar-refractivity contribution in [3.8, 4) is 5.75 Å². The summed E-state index contributed by atoms with van der Waals surface area (Å²) in [5.74, 6) is -1.15. The largest absolute Gasteiger partial charge is 0.488 e. The second kappa shape index (κ2) is 9.48. The summed E-state index contributed by atoms with van der Waals surface area (Å²) in [5.41, 5.74) is 2.28. The maximum atomic E-state index is 13.1. The van der Waals surface area contributed by atoms with Gasteiger partial charge in [-0.15, -0.1) is 0 Å². The zero-order valence-electron chi connectivity index (χ0n) is 17.5. The van der Waals surface area contributed by atoms with Crippen LogP contribution in [0.3, 0.4) is 0 Å². The monoisotopic (exact) mass is 480 g/mol. The van der Waals surface area contributed by atoms with Gasteiger partial charge in [0.15, 0.2) is 0 Å². The van der Waals surface area contributed by atoms with Gasteiger partial charge in [0.05, 0.1) is 5.69 Å². The Morgan fingerprint density at radius 2 is 1.70 bits per heavy atom. The van der Waals surface area contributed by atoms with E-state index in [1.165, 1.54) is 6.08 Å². The summed E-state index contributed by atoms with van der Waals surface area (Å²) in [6.45, 7) is 2.06. The number of nitrogens with one attached hydrogen (secondary N) is 1. The summed E-state index contributed by atoms with van der Waals surface area (Å²) in [7, 11) is 0. The molecule has 1 fully saturated rings. The SMILES string of the molecule is Cc1ccc(N2C(=O)NC(=O)/C(=C\c3cc(Cl)ccc3OCc3ccccc3Cl)C2=O)cc1. The Kier molecular flexibility index (Phi) is 6.49. The molecule has 0 atom stereocenters. The van der Waals surface area contributed by atoms with Crippen LogP contribution in [0.4, 0.5) is 10.5 Å². The van der Waals surface area contributed by atoms with Crippen molar-refractivity contribution < 1.29 is 19.1 Å². The van der Waals surface area contributed by atoms with E-state index in [4.69, 9.17) is 27.9 Å². The van der Waals surface area contributed by atoms with E-state index in [0.717, 1.165) is 16.0 Å². The average Bonchev–Trinajstić information content (AvgIpc) is 2.78. The molecule has 33 heavy (non-hydrogen) atoms. The quantitative estimate of drug-likeness (QED) is 0.383. The molecule has 8 heteroatoms. The van der Waals surface area contributed by atoms with Gasteiger partial charge >= 0.3 is 6.03 Å². The van der Waals surface area contributed by atoms with Crippen molar-refractivity contribution >= 4 is 52.8 Å². The molecule has 4 rings (SSSR count). The number of amides is 4. The number of nitrogens with zero attached hydrogens (tertiary/aromatic N) is 1. The van der Waals surface area contributed by atoms with E-state index in [2.05, 4.69) is 5.32 Å². The molecular weight excluding hydrogens is 463 g/mol. The topological polar surface area (TPSA) is 75.7 Å². The van der Waals surface area contributed by atoms with E-state index in [1.807, 2.05) is 25.1 Å². The third-order valence-corrected chi connectivity index (χ3v) is 5.61. The third-order valence-electron chi connectivity index (χ3n) is 5.01. The Balaban J connectivity index is 1.68. The van der Waals surface area contributed by atoms with E-state index < -0.39 is 17.8 Å². The molecule has 1 aliphatic rings. The fourth-order valence-corrected chi connectivity index (χ4v) is 3.65. The first-order valence-corrected chi connectivity index (χ1v) is 10.7. The number of hydrogen-bond donors (Lipinski definition) is 1. The van der Waals surface area contributed by atoms with Crippen LogP contribution >= 0.6 is 23.2 Å². The summed E-state index contributed by atoms with van der Waals surface area (Å²) in [6, 6.07) is 18.1. The molecule has 0 unspecified atom stereocenters. The minimum Gasteiger partial charge on any atom is -0.488 e. The predicted molar refractivity (Wildman–Crippen MR) is 127 cm³/mol. The minimum atomic E-state index is -0.813. The number of hydrogen-bond acceptors (Lipinski definition) is 4. The lowest BCUT2D eigenvalue weighted by molar-refractivity contribution is -0.122. The fourth-order valence-electron chi connectivity index (χ4n) is 3.28. The molecule has 3 aromatic rings. The van der Waals surface area contributed by atoms with Gasteiger partial charge in [-0.2, -0.15) is 0 Å². The highest BCUT2D eigenvalue weighted by molar-refractivity contribution is 6.39. The molecule has 0 saturated carbocycles. The highest BCUT2D eigenvalue weighted by atomic mass is 35.5. The summed E-state index contributed by atoms with van der Waals surface area (Å²) in [4.78, 5) is 39.0. The Morgan fingerprint density at radius 1 is 0.970 bits per heavy atom. The number of urea groups is 1. The Bertz CT molecular complexity index is 1290. The number of ether oxygens (including phenoxy) is 1. The van der Waals surface area contributed by atoms with Crippen molar-refractivity contribution in [3.63, 3.8) is 0 Å². The normalized spacial score (nSPS) is 15.1. The van der Waals surface area contributed by atoms with Crippen LogP contribution in [0.1, 0.15) is 16.7 Å². The van der Waals surface area contributed by atoms with Crippen LogP contribution in [0.15, 0.2) is 72.3 Å². The molecule has 4 amide bonds. The van der Waals surface area contributed by atoms with Gasteiger partial charge in [0.2, 0.25) is 0 Å². The maximum absolute atomic E-state index is 13.1. The van der Waals surface area contributed by atoms with Crippen LogP contribution in [0, 0.1) is 6.92 Å². The van der Waals surface area contributed by atoms with E-state index in [-0.39, 0.29) is 12.2 Å². The van der Waals surface area contributed by atoms with Crippen LogP contribution in [-0.4, -0.2) is 17.8 Å². The Morgan fingerprint density at radius 3 is 2.42 bits per heavy atom. The van der Waals surface area contributed by atoms with Gasteiger partial charge in [0.25, 0.3) is 11.8 Å². The number of carbonyl (C=O) groups is 3. The molecule has 1 saturated heterocycles. The maximum Gasteiger partial charge on any atom is 0.335 e. The molecular formula is C25H18Cl2N2O4. The molecule has 1 N–H and O–H groups in total. The fraction of sp³-hybridized carbons (Fsp3) is 0.0800. The highest BCUT2D eigenvalue weighted by Gasteiger charge is 2.37. The van der Waals surface area contributed by atoms with Crippen molar-refractivity contribution in [2.45, 2.75) is 13.5 Å². The van der Waals surface area contributed by atoms with Crippen LogP contribution in [0.2, 0.25) is 10.0 Å². The molecule has 0 radical (unpaired) electrons. The average molecular weight is 481 g/mol. The van der Waals surface area contributed by atoms with Gasteiger partial charge in [-0.05, 0) is 49.4 Å². The Hall–Kier alpha value is -3.61. The molecule has 1 aliphatic heterocycles. The van der Waals surface area contributed by atoms with Crippen LogP contribution in [-0.2, 0) is 16.2 Å². The first-order valence-electron chi connectivity index (χ1n) is 9.97. The van der Waals surface area contributed by atoms with Crippen molar-refractivity contribution in [1.82, 2.24) is 5.32 Å². The summed E-state index contributed by atoms with van der Waals surface area (Å²) >= 11 is 12.4. The lowest BCUT2D eigenvalue weighted by Gasteiger charge is -2.26. The van der Waals surface area contributed by atoms with E-state index in [9.17, 15) is 14.4 Å². The van der Waals surface area contributed by atoms with Gasteiger partial charge in [-0.25, -0.2) is 9.69 Å². The van der Waals surface area contributed by atoms with E-state index in [0.29, 0.717) is 27.0 Å². The number of aryl methyl sites for hydroxylation is 1. The lowest BCUT2D eigenvalue weighted by Crippen LogP contribution is -2.54. The van der Waals surface area contributed by atoms with Crippen molar-refractivity contribution in [3.05, 3.63) is 99.0 Å². The number of imide groups is 2. The molecule has 6 nitrogen and oxygen atoms in total. The molecule has 0 spiro atoms. The smallest absolute Gasteiger partial charge is 0.335 e. The van der Waals surface area contributed by atoms with Gasteiger partial charge in [-0.1, -0.05) is 59.1 Å². The van der Waals surface area contributed by atoms with Gasteiger partial charge < -0.3 is 4.74 Å². The lowest BCUT2D eigenvalue weighted by atomic mass is 10.1. The molecule has 0 aromatic heterocycles. The Labute approximate surface area is 200 Å². The van der Waals surface area contributed by atoms with Crippen LogP contribution in [0.5, 0.6) is 5.75 Å². The van der Waals surface area contributed by atoms with E-state index in [1.54, 1.807) is 48.5 Å². The minimum absolute atomic E-state index is 0.172. The van der Waals surface area contributed by atoms with Crippen LogP contribution in [0.25, 0.3) is 6.08 Å². The first-order chi connectivity index (χ1) is 15.8. The summed E-state index contributed by atoms with van der Waals surface area (Å²) in [6.07, 6.45) is 1.36. The number of carbonyl (C=O) groups excluding carboxylic acids is 3. The van der Waals surface area contributed by atoms with E-state index >= 15 is 0 Å². The number of benzene rings is 3. The van der Waals surface area contributed by atoms with Crippen LogP contribution < -0.4 is 15.0 Å². The zero-order chi connectivity index (χ0) is 23.5. The van der Waals surface area contributed by atoms with Gasteiger partial charge in [-0.3, -0.25) is 14.9 Å². The van der Waals surface area contributed by atoms with Gasteiger partial charge in [0.1, 0.15) is 17.9 Å². The van der Waals surface area contributed by atoms with Crippen molar-refractivity contribution in [1.29, 1.82) is 0 Å². The van der Waals surface area contributed by atoms with Crippen molar-refractivity contribution in [2.24, 2.45) is 0 Å². The predicted octanol–water partition coefficient (Wildman–Crippen LogP) is 5.55. The number of halogens is 2.